The quantitative estimate of drug-likeness (QED) is 0.204. The number of hydrogen-bond acceptors (Lipinski definition) is 9. The molecule has 4 rings (SSSR count). The van der Waals surface area contributed by atoms with Crippen LogP contribution in [0.2, 0.25) is 0 Å². The maximum Gasteiger partial charge on any atom is 0.430 e. The molecule has 0 spiro atoms. The van der Waals surface area contributed by atoms with Crippen LogP contribution in [0.4, 0.5) is 32.0 Å². The molecule has 2 saturated heterocycles. The highest BCUT2D eigenvalue weighted by Crippen LogP contribution is 2.50. The third-order valence-corrected chi connectivity index (χ3v) is 10.2. The Morgan fingerprint density at radius 1 is 1.09 bits per heavy atom. The van der Waals surface area contributed by atoms with Gasteiger partial charge in [0.1, 0.15) is 4.91 Å². The number of ether oxygens (including phenoxy) is 1. The van der Waals surface area contributed by atoms with Crippen LogP contribution in [0, 0.1) is 10.1 Å². The minimum atomic E-state index is -6.04. The molecule has 0 unspecified atom stereocenters. The molecular formula is C25H28F6N4O6S2. The van der Waals surface area contributed by atoms with E-state index < -0.39 is 50.2 Å². The average Bonchev–Trinajstić information content (AvgIpc) is 2.92. The lowest BCUT2D eigenvalue weighted by molar-refractivity contribution is -0.419. The van der Waals surface area contributed by atoms with Gasteiger partial charge in [-0.15, -0.1) is 0 Å². The number of morpholine rings is 1. The van der Waals surface area contributed by atoms with Gasteiger partial charge in [-0.3, -0.25) is 15.0 Å². The van der Waals surface area contributed by atoms with Gasteiger partial charge in [-0.1, -0.05) is 24.4 Å². The van der Waals surface area contributed by atoms with Gasteiger partial charge < -0.3 is 14.7 Å². The van der Waals surface area contributed by atoms with Crippen molar-refractivity contribution in [1.29, 1.82) is 0 Å². The Bertz CT molecular complexity index is 1400. The smallest absolute Gasteiger partial charge is 0.379 e. The van der Waals surface area contributed by atoms with Gasteiger partial charge in [0.05, 0.1) is 24.2 Å². The number of nitrogens with zero attached hydrogens (tertiary/aromatic N) is 4. The van der Waals surface area contributed by atoms with E-state index in [-0.39, 0.29) is 54.1 Å². The van der Waals surface area contributed by atoms with Crippen LogP contribution in [0.1, 0.15) is 18.9 Å². The predicted molar refractivity (Wildman–Crippen MR) is 146 cm³/mol. The Labute approximate surface area is 248 Å². The van der Waals surface area contributed by atoms with Crippen molar-refractivity contribution >= 4 is 32.8 Å². The molecule has 0 saturated carbocycles. The molecule has 2 aliphatic heterocycles. The number of nitro groups is 1. The summed E-state index contributed by atoms with van der Waals surface area (Å²) in [6.45, 7) is 3.13. The van der Waals surface area contributed by atoms with Crippen LogP contribution in [-0.4, -0.2) is 103 Å². The van der Waals surface area contributed by atoms with Crippen LogP contribution in [-0.2, 0) is 20.4 Å². The Morgan fingerprint density at radius 3 is 2.28 bits per heavy atom. The maximum atomic E-state index is 13.6. The third-order valence-electron chi connectivity index (χ3n) is 7.71. The highest BCUT2D eigenvalue weighted by atomic mass is 32.2. The molecule has 10 nitrogen and oxygen atoms in total. The van der Waals surface area contributed by atoms with Gasteiger partial charge in [0, 0.05) is 67.4 Å². The molecule has 238 valence electrons. The number of benzene rings is 1. The fourth-order valence-corrected chi connectivity index (χ4v) is 7.35. The van der Waals surface area contributed by atoms with E-state index >= 15 is 0 Å². The monoisotopic (exact) mass is 658 g/mol. The molecule has 1 N–H and O–H groups in total. The molecule has 0 radical (unpaired) electrons. The second-order valence-electron chi connectivity index (χ2n) is 10.4. The molecule has 0 aromatic heterocycles. The highest BCUT2D eigenvalue weighted by molar-refractivity contribution is 7.96. The van der Waals surface area contributed by atoms with Crippen molar-refractivity contribution in [3.8, 4) is 0 Å². The minimum Gasteiger partial charge on any atom is -0.379 e. The summed E-state index contributed by atoms with van der Waals surface area (Å²) in [5.74, 6) is 0. The number of anilines is 1. The molecule has 1 aliphatic carbocycles. The van der Waals surface area contributed by atoms with E-state index in [1.807, 2.05) is 11.8 Å². The summed E-state index contributed by atoms with van der Waals surface area (Å²) >= 11 is 5.20. The van der Waals surface area contributed by atoms with Gasteiger partial charge in [0.25, 0.3) is 11.3 Å². The predicted octanol–water partition coefficient (Wildman–Crippen LogP) is 3.36. The van der Waals surface area contributed by atoms with Crippen LogP contribution in [0.3, 0.4) is 0 Å². The Kier molecular flexibility index (Phi) is 9.31. The molecule has 2 fully saturated rings. The Morgan fingerprint density at radius 2 is 1.72 bits per heavy atom. The van der Waals surface area contributed by atoms with Gasteiger partial charge in [0.2, 0.25) is 10.0 Å². The largest absolute Gasteiger partial charge is 0.430 e. The number of thiocarbonyl (C=S) groups is 1. The lowest BCUT2D eigenvalue weighted by atomic mass is 9.92. The normalized spacial score (nSPS) is 23.6. The summed E-state index contributed by atoms with van der Waals surface area (Å²) in [4.78, 5) is 13.9. The molecular weight excluding hydrogens is 630 g/mol. The van der Waals surface area contributed by atoms with Gasteiger partial charge in [-0.2, -0.15) is 30.6 Å². The topological polar surface area (TPSA) is 116 Å². The van der Waals surface area contributed by atoms with Crippen molar-refractivity contribution < 1.29 is 49.5 Å². The van der Waals surface area contributed by atoms with E-state index in [0.29, 0.717) is 31.9 Å². The van der Waals surface area contributed by atoms with Gasteiger partial charge >= 0.3 is 12.4 Å². The average molecular weight is 659 g/mol. The van der Waals surface area contributed by atoms with E-state index in [9.17, 15) is 50.0 Å². The minimum absolute atomic E-state index is 0.00351. The zero-order valence-corrected chi connectivity index (χ0v) is 24.3. The molecule has 2 atom stereocenters. The fraction of sp³-hybridized carbons (Fsp3) is 0.560. The van der Waals surface area contributed by atoms with E-state index in [0.717, 1.165) is 22.5 Å². The first kappa shape index (κ1) is 33.3. The van der Waals surface area contributed by atoms with Crippen molar-refractivity contribution in [2.75, 3.05) is 50.8 Å². The maximum absolute atomic E-state index is 13.6. The van der Waals surface area contributed by atoms with Gasteiger partial charge in [-0.25, -0.2) is 8.42 Å². The lowest BCUT2D eigenvalue weighted by Gasteiger charge is -2.46. The summed E-state index contributed by atoms with van der Waals surface area (Å²) in [7, 11) is -4.30. The van der Waals surface area contributed by atoms with Crippen LogP contribution >= 0.6 is 12.2 Å². The standard InChI is InChI=1S/C25H28F6N4O6S2/c1-16-15-41-11-10-32(16)13-20-14-33(43(39,40)22-12-19(35(37)38)6-7-21(22)42)8-9-34(20)18-4-2-17(3-5-18)23(36,24(26,27)28)25(29,30)31/h2-6,12,16,20,36H,7-11,13-15H2,1H3/t16-,20-/m0/s1. The molecule has 0 bridgehead atoms. The number of halogens is 6. The number of rotatable bonds is 7. The summed E-state index contributed by atoms with van der Waals surface area (Å²) in [5.41, 5.74) is -6.70. The Hall–Kier alpha value is -2.64. The number of sulfonamides is 1. The summed E-state index contributed by atoms with van der Waals surface area (Å²) in [6.07, 6.45) is -10.1. The number of alkyl halides is 6. The number of allylic oxidation sites excluding steroid dienone is 3. The SMILES string of the molecule is C[C@H]1COCCN1C[C@H]1CN(S(=O)(=O)C2=CC([N+](=O)[O-])=CCC2=S)CCN1c1ccc(C(O)(C(F)(F)F)C(F)(F)F)cc1. The number of aliphatic hydroxyl groups is 1. The molecule has 2 heterocycles. The molecule has 1 aromatic carbocycles. The first-order valence-electron chi connectivity index (χ1n) is 13.0. The molecule has 3 aliphatic rings. The fourth-order valence-electron chi connectivity index (χ4n) is 5.28. The second kappa shape index (κ2) is 12.0. The van der Waals surface area contributed by atoms with E-state index in [1.165, 1.54) is 6.08 Å². The van der Waals surface area contributed by atoms with E-state index in [1.54, 1.807) is 4.90 Å². The molecule has 43 heavy (non-hydrogen) atoms. The first-order valence-corrected chi connectivity index (χ1v) is 14.9. The van der Waals surface area contributed by atoms with E-state index in [2.05, 4.69) is 0 Å². The van der Waals surface area contributed by atoms with Crippen molar-refractivity contribution in [2.45, 2.75) is 43.4 Å². The van der Waals surface area contributed by atoms with Crippen LogP contribution in [0.25, 0.3) is 0 Å². The summed E-state index contributed by atoms with van der Waals surface area (Å²) in [5, 5.41) is 21.0. The zero-order valence-electron chi connectivity index (χ0n) is 22.6. The van der Waals surface area contributed by atoms with Crippen LogP contribution < -0.4 is 4.90 Å². The summed E-state index contributed by atoms with van der Waals surface area (Å²) < 4.78 is 114. The highest BCUT2D eigenvalue weighted by Gasteiger charge is 2.71. The number of hydrogen-bond donors (Lipinski definition) is 1. The van der Waals surface area contributed by atoms with Crippen molar-refractivity contribution in [1.82, 2.24) is 9.21 Å². The Balaban J connectivity index is 1.67. The lowest BCUT2D eigenvalue weighted by Crippen LogP contribution is -2.60. The van der Waals surface area contributed by atoms with Crippen LogP contribution in [0.5, 0.6) is 0 Å². The van der Waals surface area contributed by atoms with Crippen molar-refractivity contribution in [3.63, 3.8) is 0 Å². The van der Waals surface area contributed by atoms with Crippen molar-refractivity contribution in [3.05, 3.63) is 62.7 Å². The number of piperazine rings is 1. The molecule has 1 aromatic rings. The molecule has 18 heteroatoms. The van der Waals surface area contributed by atoms with Gasteiger partial charge in [-0.05, 0) is 25.1 Å². The first-order chi connectivity index (χ1) is 19.9. The summed E-state index contributed by atoms with van der Waals surface area (Å²) in [6, 6.07) is 2.42. The van der Waals surface area contributed by atoms with Crippen LogP contribution in [0.15, 0.2) is 47.0 Å². The third kappa shape index (κ3) is 6.44. The molecule has 0 amide bonds. The zero-order chi connectivity index (χ0) is 32.0. The second-order valence-corrected chi connectivity index (χ2v) is 12.8. The van der Waals surface area contributed by atoms with E-state index in [4.69, 9.17) is 17.0 Å². The van der Waals surface area contributed by atoms with Gasteiger partial charge in [0.15, 0.2) is 0 Å². The van der Waals surface area contributed by atoms with Crippen molar-refractivity contribution in [2.24, 2.45) is 0 Å².